The number of nitriles is 1. The zero-order valence-electron chi connectivity index (χ0n) is 18.4. The molecule has 164 valence electrons. The average molecular weight is 534 g/mol. The summed E-state index contributed by atoms with van der Waals surface area (Å²) in [6, 6.07) is 11.1. The van der Waals surface area contributed by atoms with Crippen LogP contribution in [0, 0.1) is 14.9 Å². The highest BCUT2D eigenvalue weighted by Crippen LogP contribution is 2.35. The van der Waals surface area contributed by atoms with Crippen molar-refractivity contribution < 1.29 is 19.4 Å². The second-order valence-corrected chi connectivity index (χ2v) is 9.18. The van der Waals surface area contributed by atoms with Crippen LogP contribution in [0.2, 0.25) is 0 Å². The molecule has 0 fully saturated rings. The minimum Gasteiger partial charge on any atom is -0.507 e. The van der Waals surface area contributed by atoms with Gasteiger partial charge >= 0.3 is 0 Å². The van der Waals surface area contributed by atoms with Crippen molar-refractivity contribution in [3.63, 3.8) is 0 Å². The maximum atomic E-state index is 12.5. The maximum Gasteiger partial charge on any atom is 0.261 e. The van der Waals surface area contributed by atoms with Crippen LogP contribution in [0.25, 0.3) is 6.08 Å². The van der Waals surface area contributed by atoms with Crippen LogP contribution in [0.5, 0.6) is 17.2 Å². The van der Waals surface area contributed by atoms with Crippen LogP contribution in [0.1, 0.15) is 37.5 Å². The topological polar surface area (TPSA) is 91.6 Å². The number of carbonyl (C=O) groups excluding carboxylic acids is 1. The normalized spacial score (nSPS) is 11.6. The molecule has 0 bridgehead atoms. The molecule has 0 heterocycles. The van der Waals surface area contributed by atoms with Crippen molar-refractivity contribution in [1.82, 2.24) is 5.32 Å². The molecule has 0 aliphatic heterocycles. The van der Waals surface area contributed by atoms with Crippen molar-refractivity contribution in [1.29, 1.82) is 5.26 Å². The summed E-state index contributed by atoms with van der Waals surface area (Å²) in [6.45, 7) is 6.36. The van der Waals surface area contributed by atoms with Crippen molar-refractivity contribution in [2.24, 2.45) is 0 Å². The number of carbonyl (C=O) groups is 1. The molecular formula is C24H27IN2O4. The fourth-order valence-corrected chi connectivity index (χ4v) is 3.69. The number of benzene rings is 2. The molecule has 0 spiro atoms. The number of amides is 1. The zero-order valence-corrected chi connectivity index (χ0v) is 20.5. The van der Waals surface area contributed by atoms with Gasteiger partial charge in [-0.05, 0) is 75.9 Å². The van der Waals surface area contributed by atoms with E-state index in [1.807, 2.05) is 73.7 Å². The first-order chi connectivity index (χ1) is 14.6. The van der Waals surface area contributed by atoms with Gasteiger partial charge in [0.2, 0.25) is 0 Å². The summed E-state index contributed by atoms with van der Waals surface area (Å²) < 4.78 is 11.2. The highest BCUT2D eigenvalue weighted by Gasteiger charge is 2.21. The van der Waals surface area contributed by atoms with Crippen LogP contribution in [0.3, 0.4) is 0 Å². The van der Waals surface area contributed by atoms with E-state index in [9.17, 15) is 15.2 Å². The number of aromatic hydroxyl groups is 1. The van der Waals surface area contributed by atoms with Gasteiger partial charge in [0, 0.05) is 12.1 Å². The van der Waals surface area contributed by atoms with Gasteiger partial charge in [-0.2, -0.15) is 5.26 Å². The van der Waals surface area contributed by atoms with Crippen LogP contribution in [0.4, 0.5) is 0 Å². The van der Waals surface area contributed by atoms with Crippen LogP contribution >= 0.6 is 22.6 Å². The second kappa shape index (κ2) is 10.5. The molecule has 1 amide bonds. The van der Waals surface area contributed by atoms with E-state index in [0.717, 1.165) is 11.1 Å². The van der Waals surface area contributed by atoms with Gasteiger partial charge in [-0.25, -0.2) is 0 Å². The number of rotatable bonds is 7. The third-order valence-electron chi connectivity index (χ3n) is 4.72. The van der Waals surface area contributed by atoms with E-state index in [-0.39, 0.29) is 16.7 Å². The number of phenols is 1. The van der Waals surface area contributed by atoms with E-state index in [2.05, 4.69) is 5.32 Å². The first-order valence-electron chi connectivity index (χ1n) is 9.74. The third-order valence-corrected chi connectivity index (χ3v) is 5.54. The summed E-state index contributed by atoms with van der Waals surface area (Å²) in [4.78, 5) is 12.5. The van der Waals surface area contributed by atoms with E-state index in [4.69, 9.17) is 9.47 Å². The Labute approximate surface area is 197 Å². The Morgan fingerprint density at radius 1 is 1.19 bits per heavy atom. The molecule has 0 atom stereocenters. The summed E-state index contributed by atoms with van der Waals surface area (Å²) in [7, 11) is 3.15. The van der Waals surface area contributed by atoms with Crippen LogP contribution in [-0.4, -0.2) is 31.8 Å². The number of ether oxygens (including phenoxy) is 2. The highest BCUT2D eigenvalue weighted by atomic mass is 127. The summed E-state index contributed by atoms with van der Waals surface area (Å²) in [5, 5.41) is 22.6. The van der Waals surface area contributed by atoms with E-state index in [0.29, 0.717) is 33.6 Å². The van der Waals surface area contributed by atoms with Crippen LogP contribution < -0.4 is 14.8 Å². The van der Waals surface area contributed by atoms with E-state index in [1.54, 1.807) is 26.4 Å². The summed E-state index contributed by atoms with van der Waals surface area (Å²) in [5.41, 5.74) is 2.16. The van der Waals surface area contributed by atoms with Crippen molar-refractivity contribution in [3.8, 4) is 23.3 Å². The molecule has 0 unspecified atom stereocenters. The average Bonchev–Trinajstić information content (AvgIpc) is 2.73. The zero-order chi connectivity index (χ0) is 23.2. The number of nitrogens with zero attached hydrogens (tertiary/aromatic N) is 1. The van der Waals surface area contributed by atoms with Gasteiger partial charge in [0.15, 0.2) is 11.5 Å². The maximum absolute atomic E-state index is 12.5. The van der Waals surface area contributed by atoms with E-state index in [1.165, 1.54) is 0 Å². The molecule has 0 aromatic heterocycles. The predicted molar refractivity (Wildman–Crippen MR) is 129 cm³/mol. The number of hydrogen-bond acceptors (Lipinski definition) is 5. The minimum atomic E-state index is -0.441. The first-order valence-corrected chi connectivity index (χ1v) is 10.8. The lowest BCUT2D eigenvalue weighted by Crippen LogP contribution is -2.26. The molecule has 0 saturated heterocycles. The lowest BCUT2D eigenvalue weighted by Gasteiger charge is -2.21. The molecule has 0 aliphatic rings. The molecule has 6 nitrogen and oxygen atoms in total. The monoisotopic (exact) mass is 534 g/mol. The van der Waals surface area contributed by atoms with Gasteiger partial charge in [0.25, 0.3) is 5.91 Å². The Bertz CT molecular complexity index is 1030. The smallest absolute Gasteiger partial charge is 0.261 e. The molecule has 2 N–H and O–H groups in total. The highest BCUT2D eigenvalue weighted by molar-refractivity contribution is 14.1. The van der Waals surface area contributed by atoms with Gasteiger partial charge in [0.1, 0.15) is 17.4 Å². The lowest BCUT2D eigenvalue weighted by atomic mass is 9.85. The molecule has 7 heteroatoms. The summed E-state index contributed by atoms with van der Waals surface area (Å²) in [6.07, 6.45) is 2.12. The Hall–Kier alpha value is -2.73. The van der Waals surface area contributed by atoms with Gasteiger partial charge in [-0.1, -0.05) is 26.8 Å². The van der Waals surface area contributed by atoms with Crippen molar-refractivity contribution in [2.45, 2.75) is 32.6 Å². The molecular weight excluding hydrogens is 507 g/mol. The van der Waals surface area contributed by atoms with Crippen molar-refractivity contribution >= 4 is 34.6 Å². The van der Waals surface area contributed by atoms with Crippen molar-refractivity contribution in [3.05, 3.63) is 56.2 Å². The quantitative estimate of drug-likeness (QED) is 0.309. The Kier molecular flexibility index (Phi) is 8.34. The SMILES string of the molecule is COc1ccc(CCNC(=O)/C(C#N)=C/c2cc(I)c(O)c(C(C)(C)C)c2)cc1OC. The molecule has 31 heavy (non-hydrogen) atoms. The Morgan fingerprint density at radius 3 is 2.45 bits per heavy atom. The van der Waals surface area contributed by atoms with Crippen LogP contribution in [0.15, 0.2) is 35.9 Å². The largest absolute Gasteiger partial charge is 0.507 e. The minimum absolute atomic E-state index is 0.00802. The molecule has 2 rings (SSSR count). The number of hydrogen-bond donors (Lipinski definition) is 2. The first kappa shape index (κ1) is 24.5. The molecule has 0 radical (unpaired) electrons. The lowest BCUT2D eigenvalue weighted by molar-refractivity contribution is -0.117. The number of phenolic OH excluding ortho intramolecular Hbond substituents is 1. The van der Waals surface area contributed by atoms with Gasteiger partial charge in [0.05, 0.1) is 17.8 Å². The number of halogens is 1. The fourth-order valence-electron chi connectivity index (χ4n) is 3.04. The van der Waals surface area contributed by atoms with Crippen LogP contribution in [-0.2, 0) is 16.6 Å². The Morgan fingerprint density at radius 2 is 1.87 bits per heavy atom. The van der Waals surface area contributed by atoms with Gasteiger partial charge < -0.3 is 19.9 Å². The fraction of sp³-hybridized carbons (Fsp3) is 0.333. The molecule has 2 aromatic rings. The standard InChI is InChI=1S/C24H27IN2O4/c1-24(2,3)18-11-16(12-19(25)22(18)28)10-17(14-26)23(29)27-9-8-15-6-7-20(30-4)21(13-15)31-5/h6-7,10-13,28H,8-9H2,1-5H3,(H,27,29)/b17-10+. The second-order valence-electron chi connectivity index (χ2n) is 8.01. The summed E-state index contributed by atoms with van der Waals surface area (Å²) >= 11 is 2.05. The summed E-state index contributed by atoms with van der Waals surface area (Å²) in [5.74, 6) is 1.05. The van der Waals surface area contributed by atoms with Gasteiger partial charge in [-0.3, -0.25) is 4.79 Å². The Balaban J connectivity index is 2.13. The number of methoxy groups -OCH3 is 2. The van der Waals surface area contributed by atoms with Crippen molar-refractivity contribution in [2.75, 3.05) is 20.8 Å². The molecule has 0 aliphatic carbocycles. The predicted octanol–water partition coefficient (Wildman–Crippen LogP) is 4.58. The molecule has 2 aromatic carbocycles. The third kappa shape index (κ3) is 6.37. The van der Waals surface area contributed by atoms with E-state index >= 15 is 0 Å². The number of nitrogens with one attached hydrogen (secondary N) is 1. The van der Waals surface area contributed by atoms with Gasteiger partial charge in [-0.15, -0.1) is 0 Å². The molecule has 0 saturated carbocycles. The van der Waals surface area contributed by atoms with E-state index < -0.39 is 5.91 Å².